The molecule has 3 aromatic heterocycles. The SMILES string of the molecule is COc1ccnc2ccc(-n3c(=O)[nH]c4nccc(OC5CCC(N(C)C)CC5)c43)cc12. The maximum Gasteiger partial charge on any atom is 0.332 e. The molecule has 0 saturated heterocycles. The number of nitrogens with one attached hydrogen (secondary N) is 1. The Hall–Kier alpha value is -3.39. The fraction of sp³-hybridized carbons (Fsp3) is 0.375. The van der Waals surface area contributed by atoms with E-state index in [1.54, 1.807) is 24.1 Å². The van der Waals surface area contributed by atoms with Gasteiger partial charge in [-0.3, -0.25) is 14.5 Å². The molecule has 0 atom stereocenters. The molecule has 8 nitrogen and oxygen atoms in total. The number of aromatic amines is 1. The second kappa shape index (κ2) is 8.27. The summed E-state index contributed by atoms with van der Waals surface area (Å²) in [5, 5.41) is 0.835. The third kappa shape index (κ3) is 3.60. The maximum atomic E-state index is 13.0. The maximum absolute atomic E-state index is 13.0. The van der Waals surface area contributed by atoms with Gasteiger partial charge in [0.1, 0.15) is 17.0 Å². The molecule has 0 aliphatic heterocycles. The molecule has 3 heterocycles. The van der Waals surface area contributed by atoms with Crippen LogP contribution >= 0.6 is 0 Å². The molecule has 0 amide bonds. The molecule has 1 fully saturated rings. The van der Waals surface area contributed by atoms with E-state index in [-0.39, 0.29) is 11.8 Å². The zero-order valence-electron chi connectivity index (χ0n) is 18.5. The van der Waals surface area contributed by atoms with Crippen molar-refractivity contribution in [3.05, 3.63) is 53.2 Å². The zero-order chi connectivity index (χ0) is 22.2. The average Bonchev–Trinajstić information content (AvgIpc) is 3.15. The Morgan fingerprint density at radius 1 is 1.03 bits per heavy atom. The van der Waals surface area contributed by atoms with E-state index >= 15 is 0 Å². The zero-order valence-corrected chi connectivity index (χ0v) is 18.5. The highest BCUT2D eigenvalue weighted by Gasteiger charge is 2.25. The van der Waals surface area contributed by atoms with Crippen LogP contribution in [0, 0.1) is 0 Å². The first-order chi connectivity index (χ1) is 15.5. The Morgan fingerprint density at radius 3 is 2.53 bits per heavy atom. The third-order valence-corrected chi connectivity index (χ3v) is 6.37. The molecule has 166 valence electrons. The van der Waals surface area contributed by atoms with Gasteiger partial charge in [-0.15, -0.1) is 0 Å². The van der Waals surface area contributed by atoms with E-state index in [2.05, 4.69) is 33.9 Å². The topological polar surface area (TPSA) is 85.3 Å². The van der Waals surface area contributed by atoms with E-state index in [0.29, 0.717) is 34.4 Å². The summed E-state index contributed by atoms with van der Waals surface area (Å²) in [5.41, 5.74) is 2.40. The van der Waals surface area contributed by atoms with Gasteiger partial charge in [-0.05, 0) is 64.0 Å². The second-order valence-electron chi connectivity index (χ2n) is 8.50. The highest BCUT2D eigenvalue weighted by molar-refractivity contribution is 5.88. The number of H-pyrrole nitrogens is 1. The Morgan fingerprint density at radius 2 is 1.78 bits per heavy atom. The van der Waals surface area contributed by atoms with E-state index in [9.17, 15) is 4.79 Å². The highest BCUT2D eigenvalue weighted by Crippen LogP contribution is 2.31. The standard InChI is InChI=1S/C24H27N5O3/c1-28(2)15-4-7-17(8-5-15)32-21-11-13-26-23-22(21)29(24(30)27-23)16-6-9-19-18(14-16)20(31-3)10-12-25-19/h6,9-15,17H,4-5,7-8H2,1-3H3,(H,26,27,30). The van der Waals surface area contributed by atoms with E-state index in [1.165, 1.54) is 0 Å². The van der Waals surface area contributed by atoms with Gasteiger partial charge in [0.05, 0.1) is 24.4 Å². The van der Waals surface area contributed by atoms with Gasteiger partial charge in [0.15, 0.2) is 5.65 Å². The van der Waals surface area contributed by atoms with Gasteiger partial charge in [-0.25, -0.2) is 9.78 Å². The van der Waals surface area contributed by atoms with Crippen molar-refractivity contribution < 1.29 is 9.47 Å². The Kier molecular flexibility index (Phi) is 5.30. The van der Waals surface area contributed by atoms with E-state index in [4.69, 9.17) is 9.47 Å². The van der Waals surface area contributed by atoms with Crippen LogP contribution in [0.5, 0.6) is 11.5 Å². The summed E-state index contributed by atoms with van der Waals surface area (Å²) in [5.74, 6) is 1.37. The van der Waals surface area contributed by atoms with Crippen molar-refractivity contribution in [3.63, 3.8) is 0 Å². The minimum Gasteiger partial charge on any atom is -0.496 e. The van der Waals surface area contributed by atoms with Crippen LogP contribution in [0.4, 0.5) is 0 Å². The molecular formula is C24H27N5O3. The summed E-state index contributed by atoms with van der Waals surface area (Å²) in [6, 6.07) is 9.92. The number of nitrogens with zero attached hydrogens (tertiary/aromatic N) is 4. The monoisotopic (exact) mass is 433 g/mol. The Bertz CT molecular complexity index is 1320. The molecule has 0 spiro atoms. The molecule has 0 unspecified atom stereocenters. The lowest BCUT2D eigenvalue weighted by Crippen LogP contribution is -2.35. The summed E-state index contributed by atoms with van der Waals surface area (Å²) in [7, 11) is 5.88. The molecule has 5 rings (SSSR count). The van der Waals surface area contributed by atoms with Gasteiger partial charge < -0.3 is 14.4 Å². The smallest absolute Gasteiger partial charge is 0.332 e. The second-order valence-corrected chi connectivity index (χ2v) is 8.50. The Balaban J connectivity index is 1.56. The lowest BCUT2D eigenvalue weighted by Gasteiger charge is -2.32. The van der Waals surface area contributed by atoms with Crippen molar-refractivity contribution in [2.75, 3.05) is 21.2 Å². The minimum absolute atomic E-state index is 0.121. The average molecular weight is 434 g/mol. The van der Waals surface area contributed by atoms with Crippen LogP contribution in [0.15, 0.2) is 47.5 Å². The van der Waals surface area contributed by atoms with Crippen LogP contribution in [-0.4, -0.2) is 57.8 Å². The molecule has 8 heteroatoms. The van der Waals surface area contributed by atoms with Crippen LogP contribution in [0.25, 0.3) is 27.8 Å². The van der Waals surface area contributed by atoms with Crippen molar-refractivity contribution in [1.29, 1.82) is 0 Å². The van der Waals surface area contributed by atoms with Crippen LogP contribution in [0.1, 0.15) is 25.7 Å². The van der Waals surface area contributed by atoms with Gasteiger partial charge in [0.2, 0.25) is 0 Å². The first kappa shape index (κ1) is 20.5. The van der Waals surface area contributed by atoms with Crippen molar-refractivity contribution >= 4 is 22.1 Å². The van der Waals surface area contributed by atoms with Gasteiger partial charge in [0, 0.05) is 29.9 Å². The number of benzene rings is 1. The molecule has 1 saturated carbocycles. The molecule has 32 heavy (non-hydrogen) atoms. The molecule has 1 N–H and O–H groups in total. The van der Waals surface area contributed by atoms with Gasteiger partial charge >= 0.3 is 5.69 Å². The normalized spacial score (nSPS) is 19.0. The molecule has 0 bridgehead atoms. The highest BCUT2D eigenvalue weighted by atomic mass is 16.5. The predicted octanol–water partition coefficient (Wildman–Crippen LogP) is 3.52. The molecule has 1 aromatic carbocycles. The van der Waals surface area contributed by atoms with E-state index < -0.39 is 0 Å². The van der Waals surface area contributed by atoms with E-state index in [0.717, 1.165) is 36.6 Å². The number of imidazole rings is 1. The summed E-state index contributed by atoms with van der Waals surface area (Å²) < 4.78 is 13.5. The minimum atomic E-state index is -0.262. The van der Waals surface area contributed by atoms with Gasteiger partial charge in [0.25, 0.3) is 0 Å². The summed E-state index contributed by atoms with van der Waals surface area (Å²) in [4.78, 5) is 26.9. The number of fused-ring (bicyclic) bond motifs is 2. The number of rotatable bonds is 5. The fourth-order valence-corrected chi connectivity index (χ4v) is 4.63. The third-order valence-electron chi connectivity index (χ3n) is 6.37. The summed E-state index contributed by atoms with van der Waals surface area (Å²) in [6.07, 6.45) is 7.68. The van der Waals surface area contributed by atoms with Crippen molar-refractivity contribution in [3.8, 4) is 17.2 Å². The van der Waals surface area contributed by atoms with Crippen molar-refractivity contribution in [1.82, 2.24) is 24.4 Å². The molecule has 4 aromatic rings. The van der Waals surface area contributed by atoms with Crippen molar-refractivity contribution in [2.45, 2.75) is 37.8 Å². The first-order valence-corrected chi connectivity index (χ1v) is 10.9. The fourth-order valence-electron chi connectivity index (χ4n) is 4.63. The number of pyridine rings is 2. The van der Waals surface area contributed by atoms with Crippen molar-refractivity contribution in [2.24, 2.45) is 0 Å². The number of methoxy groups -OCH3 is 1. The van der Waals surface area contributed by atoms with E-state index in [1.807, 2.05) is 30.3 Å². The van der Waals surface area contributed by atoms with Crippen LogP contribution in [0.2, 0.25) is 0 Å². The number of aromatic nitrogens is 4. The largest absolute Gasteiger partial charge is 0.496 e. The Labute approximate surface area is 185 Å². The molecule has 1 aliphatic rings. The van der Waals surface area contributed by atoms with Crippen LogP contribution in [-0.2, 0) is 0 Å². The number of ether oxygens (including phenoxy) is 2. The summed E-state index contributed by atoms with van der Waals surface area (Å²) >= 11 is 0. The van der Waals surface area contributed by atoms with Crippen LogP contribution in [0.3, 0.4) is 0 Å². The lowest BCUT2D eigenvalue weighted by atomic mass is 9.92. The number of hydrogen-bond donors (Lipinski definition) is 1. The lowest BCUT2D eigenvalue weighted by molar-refractivity contribution is 0.112. The quantitative estimate of drug-likeness (QED) is 0.518. The predicted molar refractivity (Wildman–Crippen MR) is 124 cm³/mol. The van der Waals surface area contributed by atoms with Gasteiger partial charge in [-0.2, -0.15) is 0 Å². The molecule has 0 radical (unpaired) electrons. The number of hydrogen-bond acceptors (Lipinski definition) is 6. The molecule has 1 aliphatic carbocycles. The van der Waals surface area contributed by atoms with Crippen LogP contribution < -0.4 is 15.2 Å². The first-order valence-electron chi connectivity index (χ1n) is 10.9. The molecular weight excluding hydrogens is 406 g/mol. The summed E-state index contributed by atoms with van der Waals surface area (Å²) in [6.45, 7) is 0. The van der Waals surface area contributed by atoms with Gasteiger partial charge in [-0.1, -0.05) is 0 Å².